The molecule has 1 aromatic heterocycles. The summed E-state index contributed by atoms with van der Waals surface area (Å²) in [5.74, 6) is 1.72. The van der Waals surface area contributed by atoms with Gasteiger partial charge in [0, 0.05) is 18.4 Å². The third-order valence-electron chi connectivity index (χ3n) is 4.44. The number of anilines is 2. The van der Waals surface area contributed by atoms with Gasteiger partial charge in [-0.15, -0.1) is 0 Å². The number of aromatic nitrogens is 2. The Bertz CT molecular complexity index is 582. The molecule has 0 unspecified atom stereocenters. The lowest BCUT2D eigenvalue weighted by atomic mass is 9.87. The zero-order chi connectivity index (χ0) is 15.2. The normalized spacial score (nSPS) is 15.7. The van der Waals surface area contributed by atoms with Gasteiger partial charge in [0.25, 0.3) is 0 Å². The van der Waals surface area contributed by atoms with Crippen LogP contribution < -0.4 is 4.90 Å². The molecule has 3 rings (SSSR count). The number of hydrogen-bond acceptors (Lipinski definition) is 3. The minimum Gasteiger partial charge on any atom is -0.326 e. The van der Waals surface area contributed by atoms with Crippen molar-refractivity contribution in [3.63, 3.8) is 0 Å². The average Bonchev–Trinajstić information content (AvgIpc) is 2.57. The van der Waals surface area contributed by atoms with E-state index in [1.807, 2.05) is 12.1 Å². The van der Waals surface area contributed by atoms with Crippen LogP contribution in [0.3, 0.4) is 0 Å². The van der Waals surface area contributed by atoms with Crippen molar-refractivity contribution in [2.75, 3.05) is 11.4 Å². The lowest BCUT2D eigenvalue weighted by Gasteiger charge is -2.28. The van der Waals surface area contributed by atoms with Crippen molar-refractivity contribution in [3.05, 3.63) is 47.9 Å². The summed E-state index contributed by atoms with van der Waals surface area (Å²) in [5, 5.41) is 0.302. The first-order valence-corrected chi connectivity index (χ1v) is 8.52. The van der Waals surface area contributed by atoms with Gasteiger partial charge in [0.1, 0.15) is 5.82 Å². The van der Waals surface area contributed by atoms with Crippen LogP contribution in [-0.4, -0.2) is 16.5 Å². The molecule has 2 aromatic rings. The maximum Gasteiger partial charge on any atom is 0.224 e. The van der Waals surface area contributed by atoms with Crippen LogP contribution in [0.1, 0.15) is 38.5 Å². The van der Waals surface area contributed by atoms with Gasteiger partial charge in [-0.05, 0) is 42.1 Å². The SMILES string of the molecule is Clc1nccc(N(CCC2CCCCC2)c2ccccc2)n1. The van der Waals surface area contributed by atoms with Crippen molar-refractivity contribution in [3.8, 4) is 0 Å². The molecule has 1 aliphatic rings. The van der Waals surface area contributed by atoms with Crippen molar-refractivity contribution in [2.24, 2.45) is 5.92 Å². The Kier molecular flexibility index (Phi) is 5.28. The molecule has 0 radical (unpaired) electrons. The first-order chi connectivity index (χ1) is 10.8. The first-order valence-electron chi connectivity index (χ1n) is 8.14. The zero-order valence-corrected chi connectivity index (χ0v) is 13.5. The molecule has 116 valence electrons. The maximum atomic E-state index is 5.98. The van der Waals surface area contributed by atoms with Crippen molar-refractivity contribution < 1.29 is 0 Å². The first kappa shape index (κ1) is 15.3. The standard InChI is InChI=1S/C18H22ClN3/c19-18-20-13-11-17(21-18)22(16-9-5-2-6-10-16)14-12-15-7-3-1-4-8-15/h2,5-6,9-11,13,15H,1,3-4,7-8,12,14H2. The minimum atomic E-state index is 0.302. The van der Waals surface area contributed by atoms with E-state index >= 15 is 0 Å². The van der Waals surface area contributed by atoms with E-state index in [4.69, 9.17) is 11.6 Å². The lowest BCUT2D eigenvalue weighted by Crippen LogP contribution is -2.22. The Morgan fingerprint density at radius 2 is 1.82 bits per heavy atom. The van der Waals surface area contributed by atoms with E-state index in [-0.39, 0.29) is 0 Å². The average molecular weight is 316 g/mol. The summed E-state index contributed by atoms with van der Waals surface area (Å²) in [7, 11) is 0. The molecule has 22 heavy (non-hydrogen) atoms. The van der Waals surface area contributed by atoms with E-state index in [1.165, 1.54) is 38.5 Å². The summed E-state index contributed by atoms with van der Waals surface area (Å²) in [6, 6.07) is 12.3. The number of benzene rings is 1. The van der Waals surface area contributed by atoms with Gasteiger partial charge in [0.15, 0.2) is 0 Å². The second kappa shape index (κ2) is 7.59. The predicted molar refractivity (Wildman–Crippen MR) is 91.7 cm³/mol. The zero-order valence-electron chi connectivity index (χ0n) is 12.8. The van der Waals surface area contributed by atoms with Crippen LogP contribution in [0.15, 0.2) is 42.6 Å². The molecular weight excluding hydrogens is 294 g/mol. The van der Waals surface area contributed by atoms with Crippen molar-refractivity contribution in [2.45, 2.75) is 38.5 Å². The molecule has 1 aliphatic carbocycles. The number of rotatable bonds is 5. The summed E-state index contributed by atoms with van der Waals surface area (Å²) < 4.78 is 0. The van der Waals surface area contributed by atoms with Crippen LogP contribution >= 0.6 is 11.6 Å². The quantitative estimate of drug-likeness (QED) is 0.707. The van der Waals surface area contributed by atoms with Gasteiger partial charge in [-0.2, -0.15) is 0 Å². The molecular formula is C18H22ClN3. The highest BCUT2D eigenvalue weighted by Crippen LogP contribution is 2.29. The van der Waals surface area contributed by atoms with Crippen LogP contribution in [0.25, 0.3) is 0 Å². The molecule has 1 fully saturated rings. The van der Waals surface area contributed by atoms with E-state index in [9.17, 15) is 0 Å². The van der Waals surface area contributed by atoms with Gasteiger partial charge in [-0.3, -0.25) is 0 Å². The molecule has 0 N–H and O–H groups in total. The topological polar surface area (TPSA) is 29.0 Å². The Morgan fingerprint density at radius 1 is 1.05 bits per heavy atom. The third kappa shape index (κ3) is 3.98. The molecule has 0 bridgehead atoms. The Hall–Kier alpha value is -1.61. The second-order valence-electron chi connectivity index (χ2n) is 5.96. The van der Waals surface area contributed by atoms with Crippen molar-refractivity contribution in [1.82, 2.24) is 9.97 Å². The van der Waals surface area contributed by atoms with E-state index in [0.717, 1.165) is 24.0 Å². The van der Waals surface area contributed by atoms with Gasteiger partial charge in [0.2, 0.25) is 5.28 Å². The number of halogens is 1. The van der Waals surface area contributed by atoms with E-state index < -0.39 is 0 Å². The third-order valence-corrected chi connectivity index (χ3v) is 4.62. The van der Waals surface area contributed by atoms with Crippen LogP contribution in [-0.2, 0) is 0 Å². The minimum absolute atomic E-state index is 0.302. The molecule has 3 nitrogen and oxygen atoms in total. The fraction of sp³-hybridized carbons (Fsp3) is 0.444. The fourth-order valence-electron chi connectivity index (χ4n) is 3.25. The highest BCUT2D eigenvalue weighted by molar-refractivity contribution is 6.28. The highest BCUT2D eigenvalue weighted by Gasteiger charge is 2.17. The lowest BCUT2D eigenvalue weighted by molar-refractivity contribution is 0.342. The summed E-state index contributed by atoms with van der Waals surface area (Å²) in [6.07, 6.45) is 9.84. The summed E-state index contributed by atoms with van der Waals surface area (Å²) >= 11 is 5.98. The molecule has 1 aromatic carbocycles. The Labute approximate surface area is 137 Å². The maximum absolute atomic E-state index is 5.98. The van der Waals surface area contributed by atoms with Gasteiger partial charge in [-0.1, -0.05) is 50.3 Å². The van der Waals surface area contributed by atoms with Crippen LogP contribution in [0, 0.1) is 5.92 Å². The second-order valence-corrected chi connectivity index (χ2v) is 6.30. The number of nitrogens with zero attached hydrogens (tertiary/aromatic N) is 3. The summed E-state index contributed by atoms with van der Waals surface area (Å²) in [6.45, 7) is 0.974. The monoisotopic (exact) mass is 315 g/mol. The van der Waals surface area contributed by atoms with E-state index in [1.54, 1.807) is 6.20 Å². The molecule has 0 amide bonds. The van der Waals surface area contributed by atoms with E-state index in [0.29, 0.717) is 5.28 Å². The predicted octanol–water partition coefficient (Wildman–Crippen LogP) is 5.24. The molecule has 1 saturated carbocycles. The van der Waals surface area contributed by atoms with Gasteiger partial charge < -0.3 is 4.90 Å². The van der Waals surface area contributed by atoms with Crippen LogP contribution in [0.5, 0.6) is 0 Å². The Morgan fingerprint density at radius 3 is 2.55 bits per heavy atom. The van der Waals surface area contributed by atoms with Crippen LogP contribution in [0.4, 0.5) is 11.5 Å². The van der Waals surface area contributed by atoms with Gasteiger partial charge in [0.05, 0.1) is 0 Å². The molecule has 1 heterocycles. The van der Waals surface area contributed by atoms with Crippen LogP contribution in [0.2, 0.25) is 5.28 Å². The number of para-hydroxylation sites is 1. The van der Waals surface area contributed by atoms with Gasteiger partial charge in [-0.25, -0.2) is 9.97 Å². The highest BCUT2D eigenvalue weighted by atomic mass is 35.5. The molecule has 4 heteroatoms. The van der Waals surface area contributed by atoms with Crippen molar-refractivity contribution >= 4 is 23.1 Å². The number of hydrogen-bond donors (Lipinski definition) is 0. The summed E-state index contributed by atoms with van der Waals surface area (Å²) in [4.78, 5) is 10.6. The molecule has 0 saturated heterocycles. The van der Waals surface area contributed by atoms with Gasteiger partial charge >= 0.3 is 0 Å². The van der Waals surface area contributed by atoms with Crippen molar-refractivity contribution in [1.29, 1.82) is 0 Å². The van der Waals surface area contributed by atoms with E-state index in [2.05, 4.69) is 39.1 Å². The molecule has 0 atom stereocenters. The largest absolute Gasteiger partial charge is 0.326 e. The smallest absolute Gasteiger partial charge is 0.224 e. The Balaban J connectivity index is 1.77. The molecule has 0 spiro atoms. The fourth-order valence-corrected chi connectivity index (χ4v) is 3.39. The molecule has 0 aliphatic heterocycles. The summed E-state index contributed by atoms with van der Waals surface area (Å²) in [5.41, 5.74) is 1.16.